The molecule has 0 aliphatic heterocycles. The summed E-state index contributed by atoms with van der Waals surface area (Å²) >= 11 is 1.64. The molecule has 2 rings (SSSR count). The fraction of sp³-hybridized carbons (Fsp3) is 0.538. The molecule has 0 radical (unpaired) electrons. The third kappa shape index (κ3) is 3.40. The van der Waals surface area contributed by atoms with E-state index in [2.05, 4.69) is 45.4 Å². The number of hydrogen-bond acceptors (Lipinski definition) is 4. The molecule has 2 aromatic rings. The predicted molar refractivity (Wildman–Crippen MR) is 74.8 cm³/mol. The lowest BCUT2D eigenvalue weighted by Crippen LogP contribution is -2.21. The molecule has 0 fully saturated rings. The molecule has 1 unspecified atom stereocenters. The summed E-state index contributed by atoms with van der Waals surface area (Å²) in [6, 6.07) is 2.45. The Morgan fingerprint density at radius 3 is 2.89 bits per heavy atom. The zero-order valence-corrected chi connectivity index (χ0v) is 12.0. The maximum absolute atomic E-state index is 4.45. The van der Waals surface area contributed by atoms with Crippen LogP contribution in [-0.4, -0.2) is 21.3 Å². The SMILES string of the molecule is Cc1cc(C)n(CCCNC(C)c2cscn2)n1. The van der Waals surface area contributed by atoms with Crippen LogP contribution in [0.5, 0.6) is 0 Å². The van der Waals surface area contributed by atoms with Gasteiger partial charge in [0.05, 0.1) is 16.9 Å². The summed E-state index contributed by atoms with van der Waals surface area (Å²) in [6.07, 6.45) is 1.08. The Hall–Kier alpha value is -1.20. The van der Waals surface area contributed by atoms with Crippen molar-refractivity contribution in [2.75, 3.05) is 6.54 Å². The van der Waals surface area contributed by atoms with Crippen molar-refractivity contribution in [2.24, 2.45) is 0 Å². The third-order valence-electron chi connectivity index (χ3n) is 3.00. The van der Waals surface area contributed by atoms with E-state index in [9.17, 15) is 0 Å². The first-order chi connectivity index (χ1) is 8.66. The average Bonchev–Trinajstić information content (AvgIpc) is 2.94. The summed E-state index contributed by atoms with van der Waals surface area (Å²) in [6.45, 7) is 8.24. The van der Waals surface area contributed by atoms with Crippen molar-refractivity contribution in [3.05, 3.63) is 34.0 Å². The Bertz CT molecular complexity index is 475. The first-order valence-corrected chi connectivity index (χ1v) is 7.23. The van der Waals surface area contributed by atoms with Crippen molar-refractivity contribution >= 4 is 11.3 Å². The standard InChI is InChI=1S/C13H20N4S/c1-10-7-11(2)17(16-10)6-4-5-14-12(3)13-8-18-9-15-13/h7-9,12,14H,4-6H2,1-3H3. The predicted octanol–water partition coefficient (Wildman–Crippen LogP) is 2.70. The maximum atomic E-state index is 4.45. The third-order valence-corrected chi connectivity index (χ3v) is 3.60. The van der Waals surface area contributed by atoms with Gasteiger partial charge in [0, 0.05) is 23.7 Å². The number of hydrogen-bond donors (Lipinski definition) is 1. The quantitative estimate of drug-likeness (QED) is 0.816. The molecule has 0 aliphatic rings. The van der Waals surface area contributed by atoms with Gasteiger partial charge in [0.15, 0.2) is 0 Å². The van der Waals surface area contributed by atoms with Gasteiger partial charge >= 0.3 is 0 Å². The Kier molecular flexibility index (Phi) is 4.49. The maximum Gasteiger partial charge on any atom is 0.0795 e. The van der Waals surface area contributed by atoms with Gasteiger partial charge < -0.3 is 5.32 Å². The molecule has 0 aromatic carbocycles. The fourth-order valence-corrected chi connectivity index (χ4v) is 2.64. The molecule has 2 aromatic heterocycles. The highest BCUT2D eigenvalue weighted by molar-refractivity contribution is 7.07. The molecule has 5 heteroatoms. The fourth-order valence-electron chi connectivity index (χ4n) is 1.99. The summed E-state index contributed by atoms with van der Waals surface area (Å²) in [5.74, 6) is 0. The Labute approximate surface area is 112 Å². The van der Waals surface area contributed by atoms with Gasteiger partial charge in [-0.2, -0.15) is 5.10 Å². The highest BCUT2D eigenvalue weighted by Crippen LogP contribution is 2.11. The number of nitrogens with one attached hydrogen (secondary N) is 1. The van der Waals surface area contributed by atoms with E-state index in [-0.39, 0.29) is 0 Å². The van der Waals surface area contributed by atoms with Crippen LogP contribution in [0, 0.1) is 13.8 Å². The lowest BCUT2D eigenvalue weighted by Gasteiger charge is -2.11. The molecule has 2 heterocycles. The second kappa shape index (κ2) is 6.11. The largest absolute Gasteiger partial charge is 0.309 e. The van der Waals surface area contributed by atoms with Crippen LogP contribution in [0.1, 0.15) is 36.5 Å². The van der Waals surface area contributed by atoms with Crippen molar-refractivity contribution in [3.8, 4) is 0 Å². The van der Waals surface area contributed by atoms with Gasteiger partial charge in [-0.05, 0) is 39.8 Å². The lowest BCUT2D eigenvalue weighted by atomic mass is 10.2. The van der Waals surface area contributed by atoms with E-state index in [1.54, 1.807) is 11.3 Å². The second-order valence-corrected chi connectivity index (χ2v) is 5.31. The van der Waals surface area contributed by atoms with Crippen LogP contribution in [0.25, 0.3) is 0 Å². The molecule has 0 saturated carbocycles. The number of nitrogens with zero attached hydrogens (tertiary/aromatic N) is 3. The molecule has 4 nitrogen and oxygen atoms in total. The molecule has 18 heavy (non-hydrogen) atoms. The van der Waals surface area contributed by atoms with Crippen LogP contribution in [0.15, 0.2) is 17.0 Å². The molecular formula is C13H20N4S. The Morgan fingerprint density at radius 1 is 1.44 bits per heavy atom. The Morgan fingerprint density at radius 2 is 2.28 bits per heavy atom. The number of aromatic nitrogens is 3. The van der Waals surface area contributed by atoms with E-state index in [4.69, 9.17) is 0 Å². The molecule has 0 bridgehead atoms. The second-order valence-electron chi connectivity index (χ2n) is 4.59. The number of aryl methyl sites for hydroxylation is 3. The molecule has 1 N–H and O–H groups in total. The summed E-state index contributed by atoms with van der Waals surface area (Å²) in [7, 11) is 0. The first-order valence-electron chi connectivity index (χ1n) is 6.29. The van der Waals surface area contributed by atoms with Crippen LogP contribution in [0.2, 0.25) is 0 Å². The van der Waals surface area contributed by atoms with E-state index in [1.165, 1.54) is 5.69 Å². The normalized spacial score (nSPS) is 12.8. The first kappa shape index (κ1) is 13.2. The molecular weight excluding hydrogens is 244 g/mol. The average molecular weight is 264 g/mol. The summed E-state index contributed by atoms with van der Waals surface area (Å²) in [5, 5.41) is 10.0. The topological polar surface area (TPSA) is 42.7 Å². The zero-order chi connectivity index (χ0) is 13.0. The minimum atomic E-state index is 0.330. The van der Waals surface area contributed by atoms with Crippen molar-refractivity contribution < 1.29 is 0 Å². The van der Waals surface area contributed by atoms with Gasteiger partial charge in [-0.15, -0.1) is 11.3 Å². The molecule has 0 aliphatic carbocycles. The van der Waals surface area contributed by atoms with E-state index < -0.39 is 0 Å². The highest BCUT2D eigenvalue weighted by Gasteiger charge is 2.06. The summed E-state index contributed by atoms with van der Waals surface area (Å²) in [5.41, 5.74) is 5.34. The number of rotatable bonds is 6. The zero-order valence-electron chi connectivity index (χ0n) is 11.2. The summed E-state index contributed by atoms with van der Waals surface area (Å²) in [4.78, 5) is 4.31. The van der Waals surface area contributed by atoms with Gasteiger partial charge in [0.25, 0.3) is 0 Å². The van der Waals surface area contributed by atoms with Gasteiger partial charge in [-0.3, -0.25) is 4.68 Å². The minimum Gasteiger partial charge on any atom is -0.309 e. The Balaban J connectivity index is 1.72. The van der Waals surface area contributed by atoms with Crippen molar-refractivity contribution in [1.82, 2.24) is 20.1 Å². The van der Waals surface area contributed by atoms with Crippen molar-refractivity contribution in [3.63, 3.8) is 0 Å². The minimum absolute atomic E-state index is 0.330. The molecule has 0 amide bonds. The molecule has 98 valence electrons. The van der Waals surface area contributed by atoms with Crippen LogP contribution >= 0.6 is 11.3 Å². The van der Waals surface area contributed by atoms with Crippen molar-refractivity contribution in [2.45, 2.75) is 39.8 Å². The molecule has 1 atom stereocenters. The van der Waals surface area contributed by atoms with Crippen LogP contribution in [-0.2, 0) is 6.54 Å². The van der Waals surface area contributed by atoms with Crippen LogP contribution in [0.4, 0.5) is 0 Å². The van der Waals surface area contributed by atoms with Gasteiger partial charge in [0.1, 0.15) is 0 Å². The van der Waals surface area contributed by atoms with E-state index in [0.29, 0.717) is 6.04 Å². The van der Waals surface area contributed by atoms with Gasteiger partial charge in [0.2, 0.25) is 0 Å². The van der Waals surface area contributed by atoms with E-state index in [1.807, 2.05) is 12.4 Å². The van der Waals surface area contributed by atoms with Crippen LogP contribution < -0.4 is 5.32 Å². The van der Waals surface area contributed by atoms with E-state index >= 15 is 0 Å². The lowest BCUT2D eigenvalue weighted by molar-refractivity contribution is 0.496. The molecule has 0 spiro atoms. The van der Waals surface area contributed by atoms with E-state index in [0.717, 1.165) is 30.9 Å². The van der Waals surface area contributed by atoms with Gasteiger partial charge in [-0.1, -0.05) is 0 Å². The van der Waals surface area contributed by atoms with Crippen LogP contribution in [0.3, 0.4) is 0 Å². The highest BCUT2D eigenvalue weighted by atomic mass is 32.1. The number of thiazole rings is 1. The smallest absolute Gasteiger partial charge is 0.0795 e. The summed E-state index contributed by atoms with van der Waals surface area (Å²) < 4.78 is 2.07. The molecule has 0 saturated heterocycles. The monoisotopic (exact) mass is 264 g/mol. The van der Waals surface area contributed by atoms with Gasteiger partial charge in [-0.25, -0.2) is 4.98 Å². The van der Waals surface area contributed by atoms with Crippen molar-refractivity contribution in [1.29, 1.82) is 0 Å².